The van der Waals surface area contributed by atoms with Crippen molar-refractivity contribution in [2.45, 2.75) is 51.7 Å². The SMILES string of the molecule is CCNC(=O)Cc1ccc(Cl)c(CN(C(=O)[C@H]2CNCC(=O)N2c2ccc(OCCOc3c(Cl)cc(C)cc3Cl)cc2)C2CC2)c1. The number of benzene rings is 3. The number of carbonyl (C=O) groups excluding carboxylic acids is 3. The fourth-order valence-corrected chi connectivity index (χ4v) is 6.35. The molecule has 9 nitrogen and oxygen atoms in total. The molecule has 12 heteroatoms. The zero-order chi connectivity index (χ0) is 32.8. The molecule has 46 heavy (non-hydrogen) atoms. The van der Waals surface area contributed by atoms with Crippen LogP contribution in [0.2, 0.25) is 15.1 Å². The molecule has 3 aromatic rings. The molecule has 1 heterocycles. The van der Waals surface area contributed by atoms with E-state index in [0.29, 0.717) is 45.3 Å². The van der Waals surface area contributed by atoms with E-state index in [1.807, 2.05) is 30.9 Å². The number of nitrogens with zero attached hydrogens (tertiary/aromatic N) is 2. The van der Waals surface area contributed by atoms with E-state index in [0.717, 1.165) is 29.5 Å². The van der Waals surface area contributed by atoms with Gasteiger partial charge in [0.2, 0.25) is 17.7 Å². The predicted octanol–water partition coefficient (Wildman–Crippen LogP) is 5.59. The molecule has 0 bridgehead atoms. The average molecular weight is 688 g/mol. The second-order valence-electron chi connectivity index (χ2n) is 11.4. The quantitative estimate of drug-likeness (QED) is 0.228. The highest BCUT2D eigenvalue weighted by atomic mass is 35.5. The Morgan fingerprint density at radius 1 is 0.978 bits per heavy atom. The first kappa shape index (κ1) is 33.9. The van der Waals surface area contributed by atoms with Crippen molar-refractivity contribution >= 4 is 58.2 Å². The van der Waals surface area contributed by atoms with Crippen LogP contribution < -0.4 is 25.0 Å². The summed E-state index contributed by atoms with van der Waals surface area (Å²) in [5.74, 6) is 0.571. The summed E-state index contributed by atoms with van der Waals surface area (Å²) >= 11 is 19.1. The normalized spacial score (nSPS) is 16.2. The molecule has 1 saturated heterocycles. The van der Waals surface area contributed by atoms with Gasteiger partial charge >= 0.3 is 0 Å². The number of rotatable bonds is 13. The minimum Gasteiger partial charge on any atom is -0.490 e. The predicted molar refractivity (Wildman–Crippen MR) is 180 cm³/mol. The molecule has 1 atom stereocenters. The van der Waals surface area contributed by atoms with E-state index >= 15 is 0 Å². The van der Waals surface area contributed by atoms with E-state index in [9.17, 15) is 14.4 Å². The lowest BCUT2D eigenvalue weighted by Crippen LogP contribution is -2.61. The molecule has 2 aliphatic rings. The third-order valence-electron chi connectivity index (χ3n) is 7.80. The Balaban J connectivity index is 1.25. The average Bonchev–Trinajstić information content (AvgIpc) is 3.86. The van der Waals surface area contributed by atoms with Crippen LogP contribution in [0.4, 0.5) is 5.69 Å². The van der Waals surface area contributed by atoms with E-state index in [-0.39, 0.29) is 56.5 Å². The molecular weight excluding hydrogens is 651 g/mol. The van der Waals surface area contributed by atoms with Gasteiger partial charge in [-0.05, 0) is 85.8 Å². The van der Waals surface area contributed by atoms with Crippen LogP contribution in [0.5, 0.6) is 11.5 Å². The summed E-state index contributed by atoms with van der Waals surface area (Å²) in [5, 5.41) is 7.31. The molecule has 2 N–H and O–H groups in total. The van der Waals surface area contributed by atoms with E-state index < -0.39 is 6.04 Å². The van der Waals surface area contributed by atoms with Gasteiger partial charge in [-0.25, -0.2) is 0 Å². The maximum absolute atomic E-state index is 14.1. The third kappa shape index (κ3) is 8.45. The maximum atomic E-state index is 14.1. The van der Waals surface area contributed by atoms with Crippen LogP contribution in [0.25, 0.3) is 0 Å². The highest BCUT2D eigenvalue weighted by Gasteiger charge is 2.41. The maximum Gasteiger partial charge on any atom is 0.247 e. The lowest BCUT2D eigenvalue weighted by atomic mass is 10.1. The Morgan fingerprint density at radius 3 is 2.35 bits per heavy atom. The molecule has 0 unspecified atom stereocenters. The molecular formula is C34H37Cl3N4O5. The Morgan fingerprint density at radius 2 is 1.67 bits per heavy atom. The van der Waals surface area contributed by atoms with Crippen LogP contribution in [0.1, 0.15) is 36.5 Å². The van der Waals surface area contributed by atoms with Gasteiger partial charge in [-0.1, -0.05) is 46.9 Å². The molecule has 1 saturated carbocycles. The first-order valence-electron chi connectivity index (χ1n) is 15.3. The minimum atomic E-state index is -0.733. The molecule has 2 fully saturated rings. The molecule has 3 amide bonds. The van der Waals surface area contributed by atoms with Crippen molar-refractivity contribution in [3.8, 4) is 11.5 Å². The molecule has 0 aromatic heterocycles. The first-order chi connectivity index (χ1) is 22.1. The van der Waals surface area contributed by atoms with Crippen molar-refractivity contribution in [3.63, 3.8) is 0 Å². The molecule has 244 valence electrons. The van der Waals surface area contributed by atoms with E-state index in [2.05, 4.69) is 10.6 Å². The number of likely N-dealkylation sites (N-methyl/N-ethyl adjacent to an activating group) is 1. The molecule has 1 aliphatic carbocycles. The van der Waals surface area contributed by atoms with Gasteiger partial charge in [0.05, 0.1) is 23.0 Å². The number of hydrogen-bond acceptors (Lipinski definition) is 6. The topological polar surface area (TPSA) is 100 Å². The summed E-state index contributed by atoms with van der Waals surface area (Å²) in [6.45, 7) is 5.54. The smallest absolute Gasteiger partial charge is 0.247 e. The van der Waals surface area contributed by atoms with E-state index in [1.54, 1.807) is 47.4 Å². The summed E-state index contributed by atoms with van der Waals surface area (Å²) in [6, 6.07) is 15.4. The highest BCUT2D eigenvalue weighted by Crippen LogP contribution is 2.35. The van der Waals surface area contributed by atoms with Gasteiger partial charge in [-0.3, -0.25) is 19.3 Å². The number of anilines is 1. The fourth-order valence-electron chi connectivity index (χ4n) is 5.47. The van der Waals surface area contributed by atoms with Gasteiger partial charge < -0.3 is 25.0 Å². The fraction of sp³-hybridized carbons (Fsp3) is 0.382. The Labute approximate surface area is 284 Å². The van der Waals surface area contributed by atoms with Crippen LogP contribution in [-0.2, 0) is 27.3 Å². The van der Waals surface area contributed by atoms with Crippen molar-refractivity contribution in [1.29, 1.82) is 0 Å². The third-order valence-corrected chi connectivity index (χ3v) is 8.73. The Kier molecular flexibility index (Phi) is 11.3. The lowest BCUT2D eigenvalue weighted by Gasteiger charge is -2.38. The first-order valence-corrected chi connectivity index (χ1v) is 16.5. The Bertz CT molecular complexity index is 1560. The summed E-state index contributed by atoms with van der Waals surface area (Å²) in [4.78, 5) is 42.9. The zero-order valence-electron chi connectivity index (χ0n) is 25.8. The number of amides is 3. The second-order valence-corrected chi connectivity index (χ2v) is 12.6. The van der Waals surface area contributed by atoms with Crippen LogP contribution in [-0.4, -0.2) is 67.6 Å². The lowest BCUT2D eigenvalue weighted by molar-refractivity contribution is -0.136. The second kappa shape index (κ2) is 15.4. The number of piperazine rings is 1. The van der Waals surface area contributed by atoms with Crippen LogP contribution in [0.15, 0.2) is 54.6 Å². The van der Waals surface area contributed by atoms with Crippen LogP contribution in [0.3, 0.4) is 0 Å². The Hall–Kier alpha value is -3.50. The summed E-state index contributed by atoms with van der Waals surface area (Å²) in [7, 11) is 0. The number of halogens is 3. The number of ether oxygens (including phenoxy) is 2. The standard InChI is InChI=1S/C34H37Cl3N4O5/c1-3-39-31(42)17-22-4-11-27(35)23(16-22)20-40(24-5-6-24)34(44)30-18-38-19-32(43)41(30)25-7-9-26(10-8-25)45-12-13-46-33-28(36)14-21(2)15-29(33)37/h4,7-11,14-16,24,30,38H,3,5-6,12-13,17-20H2,1-2H3,(H,39,42)/t30-/m1/s1. The molecule has 0 spiro atoms. The molecule has 5 rings (SSSR count). The van der Waals surface area contributed by atoms with Crippen molar-refractivity contribution in [1.82, 2.24) is 15.5 Å². The van der Waals surface area contributed by atoms with Gasteiger partial charge in [0.25, 0.3) is 0 Å². The number of nitrogens with one attached hydrogen (secondary N) is 2. The highest BCUT2D eigenvalue weighted by molar-refractivity contribution is 6.37. The summed E-state index contributed by atoms with van der Waals surface area (Å²) in [6.07, 6.45) is 1.99. The van der Waals surface area contributed by atoms with Gasteiger partial charge in [0.15, 0.2) is 5.75 Å². The number of hydrogen-bond donors (Lipinski definition) is 2. The van der Waals surface area contributed by atoms with Crippen molar-refractivity contribution in [2.24, 2.45) is 0 Å². The monoisotopic (exact) mass is 686 g/mol. The molecule has 0 radical (unpaired) electrons. The van der Waals surface area contributed by atoms with Crippen molar-refractivity contribution in [2.75, 3.05) is 37.7 Å². The van der Waals surface area contributed by atoms with Gasteiger partial charge in [-0.15, -0.1) is 0 Å². The van der Waals surface area contributed by atoms with Gasteiger partial charge in [0, 0.05) is 36.4 Å². The largest absolute Gasteiger partial charge is 0.490 e. The summed E-state index contributed by atoms with van der Waals surface area (Å²) in [5.41, 5.74) is 3.13. The molecule has 1 aliphatic heterocycles. The molecule has 3 aromatic carbocycles. The van der Waals surface area contributed by atoms with Crippen molar-refractivity contribution in [3.05, 3.63) is 86.4 Å². The minimum absolute atomic E-state index is 0.0668. The van der Waals surface area contributed by atoms with Gasteiger partial charge in [0.1, 0.15) is 25.0 Å². The van der Waals surface area contributed by atoms with Crippen LogP contribution in [0, 0.1) is 6.92 Å². The van der Waals surface area contributed by atoms with Gasteiger partial charge in [-0.2, -0.15) is 0 Å². The van der Waals surface area contributed by atoms with Crippen molar-refractivity contribution < 1.29 is 23.9 Å². The number of aryl methyl sites for hydroxylation is 1. The summed E-state index contributed by atoms with van der Waals surface area (Å²) < 4.78 is 11.6. The van der Waals surface area contributed by atoms with E-state index in [1.165, 1.54) is 0 Å². The zero-order valence-corrected chi connectivity index (χ0v) is 28.1. The number of carbonyl (C=O) groups is 3. The van der Waals surface area contributed by atoms with Crippen LogP contribution >= 0.6 is 34.8 Å². The van der Waals surface area contributed by atoms with E-state index in [4.69, 9.17) is 44.3 Å².